The number of hydrogen-bond donors (Lipinski definition) is 3. The Hall–Kier alpha value is -4.11. The molecule has 38 heavy (non-hydrogen) atoms. The van der Waals surface area contributed by atoms with E-state index in [4.69, 9.17) is 9.11 Å². The van der Waals surface area contributed by atoms with E-state index in [1.807, 2.05) is 0 Å². The fourth-order valence-electron chi connectivity index (χ4n) is 3.90. The Morgan fingerprint density at radius 2 is 1.37 bits per heavy atom. The number of hydrazone groups is 1. The van der Waals surface area contributed by atoms with E-state index in [9.17, 15) is 26.4 Å². The number of allylic oxidation sites excluding steroid dienone is 3. The summed E-state index contributed by atoms with van der Waals surface area (Å²) in [4.78, 5) is 25.5. The summed E-state index contributed by atoms with van der Waals surface area (Å²) in [6, 6.07) is 10.1. The minimum atomic E-state index is -4.38. The van der Waals surface area contributed by atoms with Crippen LogP contribution < -0.4 is 10.6 Å². The van der Waals surface area contributed by atoms with Crippen molar-refractivity contribution in [3.8, 4) is 5.69 Å². The summed E-state index contributed by atoms with van der Waals surface area (Å²) in [6.45, 7) is 5.01. The third kappa shape index (κ3) is 5.15. The molecule has 14 heteroatoms. The maximum absolute atomic E-state index is 13.1. The highest BCUT2D eigenvalue weighted by Gasteiger charge is 2.28. The van der Waals surface area contributed by atoms with Gasteiger partial charge in [0.2, 0.25) is 0 Å². The predicted molar refractivity (Wildman–Crippen MR) is 140 cm³/mol. The number of hydrogen-bond acceptors (Lipinski definition) is 7. The molecule has 0 atom stereocenters. The normalized spacial score (nSPS) is 15.9. The summed E-state index contributed by atoms with van der Waals surface area (Å²) < 4.78 is 64.6. The fourth-order valence-corrected chi connectivity index (χ4v) is 4.86. The van der Waals surface area contributed by atoms with E-state index in [2.05, 4.69) is 10.2 Å². The zero-order valence-corrected chi connectivity index (χ0v) is 21.9. The Kier molecular flexibility index (Phi) is 6.84. The fraction of sp³-hybridized carbons (Fsp3) is 0.125. The van der Waals surface area contributed by atoms with Crippen molar-refractivity contribution >= 4 is 43.1 Å². The van der Waals surface area contributed by atoms with E-state index in [1.165, 1.54) is 47.2 Å². The molecule has 0 saturated heterocycles. The average molecular weight is 559 g/mol. The summed E-state index contributed by atoms with van der Waals surface area (Å²) in [5.41, 5.74) is 2.34. The van der Waals surface area contributed by atoms with Crippen molar-refractivity contribution in [1.82, 2.24) is 9.78 Å². The lowest BCUT2D eigenvalue weighted by Crippen LogP contribution is -2.21. The predicted octanol–water partition coefficient (Wildman–Crippen LogP) is 2.72. The largest absolute Gasteiger partial charge is 0.295 e. The number of nitrogens with zero attached hydrogens (tertiary/aromatic N) is 3. The van der Waals surface area contributed by atoms with Crippen molar-refractivity contribution in [2.45, 2.75) is 30.6 Å². The summed E-state index contributed by atoms with van der Waals surface area (Å²) in [7, 11) is -8.75. The van der Waals surface area contributed by atoms with Crippen LogP contribution in [0.1, 0.15) is 25.1 Å². The number of carbonyl (C=O) groups is 1. The van der Waals surface area contributed by atoms with E-state index in [0.29, 0.717) is 33.9 Å². The van der Waals surface area contributed by atoms with Crippen LogP contribution in [0.15, 0.2) is 85.9 Å². The zero-order valence-electron chi connectivity index (χ0n) is 20.3. The Labute approximate surface area is 217 Å². The first-order valence-corrected chi connectivity index (χ1v) is 13.8. The SMILES string of the molecule is CC1=NN(c2ccc(S(=O)(=O)O)cc2)C(=O)C1=C/C=C(\C)c1c(C)[nH]n(-c2ccc(S(=O)(=O)O)cc2)c1=O. The van der Waals surface area contributed by atoms with E-state index in [-0.39, 0.29) is 15.4 Å². The first kappa shape index (κ1) is 26.9. The molecule has 0 fully saturated rings. The molecular formula is C24H22N4O8S2. The van der Waals surface area contributed by atoms with Gasteiger partial charge in [0.15, 0.2) is 0 Å². The number of anilines is 1. The van der Waals surface area contributed by atoms with Gasteiger partial charge < -0.3 is 0 Å². The summed E-state index contributed by atoms with van der Waals surface area (Å²) >= 11 is 0. The summed E-state index contributed by atoms with van der Waals surface area (Å²) in [6.07, 6.45) is 3.13. The molecule has 3 N–H and O–H groups in total. The maximum atomic E-state index is 13.1. The minimum Gasteiger partial charge on any atom is -0.295 e. The number of amides is 1. The van der Waals surface area contributed by atoms with E-state index in [1.54, 1.807) is 26.8 Å². The van der Waals surface area contributed by atoms with Crippen LogP contribution >= 0.6 is 0 Å². The quantitative estimate of drug-likeness (QED) is 0.305. The van der Waals surface area contributed by atoms with Gasteiger partial charge in [-0.15, -0.1) is 0 Å². The van der Waals surface area contributed by atoms with Crippen LogP contribution in [0.2, 0.25) is 0 Å². The van der Waals surface area contributed by atoms with Crippen LogP contribution in [0, 0.1) is 6.92 Å². The van der Waals surface area contributed by atoms with Crippen LogP contribution in [0.3, 0.4) is 0 Å². The smallest absolute Gasteiger partial charge is 0.294 e. The Bertz CT molecular complexity index is 1810. The van der Waals surface area contributed by atoms with Gasteiger partial charge in [-0.3, -0.25) is 23.8 Å². The molecule has 0 spiro atoms. The zero-order chi connectivity index (χ0) is 28.0. The van der Waals surface area contributed by atoms with Gasteiger partial charge in [0.1, 0.15) is 0 Å². The highest BCUT2D eigenvalue weighted by atomic mass is 32.2. The van der Waals surface area contributed by atoms with Crippen LogP contribution in [-0.2, 0) is 25.0 Å². The van der Waals surface area contributed by atoms with E-state index in [0.717, 1.165) is 17.1 Å². The first-order chi connectivity index (χ1) is 17.7. The van der Waals surface area contributed by atoms with Crippen LogP contribution in [0.25, 0.3) is 11.3 Å². The lowest BCUT2D eigenvalue weighted by molar-refractivity contribution is -0.114. The number of aromatic amines is 1. The molecule has 1 aliphatic rings. The van der Waals surface area contributed by atoms with Crippen LogP contribution in [-0.4, -0.2) is 47.3 Å². The topological polar surface area (TPSA) is 179 Å². The number of nitrogens with one attached hydrogen (secondary N) is 1. The number of aromatic nitrogens is 2. The molecule has 3 aromatic rings. The van der Waals surface area contributed by atoms with Crippen LogP contribution in [0.5, 0.6) is 0 Å². The number of rotatable bonds is 6. The van der Waals surface area contributed by atoms with Crippen molar-refractivity contribution in [1.29, 1.82) is 0 Å². The molecule has 2 heterocycles. The van der Waals surface area contributed by atoms with Crippen molar-refractivity contribution in [3.63, 3.8) is 0 Å². The molecule has 1 amide bonds. The molecule has 0 bridgehead atoms. The van der Waals surface area contributed by atoms with Crippen molar-refractivity contribution in [2.75, 3.05) is 5.01 Å². The third-order valence-corrected chi connectivity index (χ3v) is 7.54. The average Bonchev–Trinajstić information content (AvgIpc) is 3.30. The Morgan fingerprint density at radius 3 is 1.87 bits per heavy atom. The van der Waals surface area contributed by atoms with Crippen molar-refractivity contribution in [3.05, 3.63) is 87.9 Å². The van der Waals surface area contributed by atoms with E-state index >= 15 is 0 Å². The van der Waals surface area contributed by atoms with Gasteiger partial charge in [0.25, 0.3) is 31.7 Å². The lowest BCUT2D eigenvalue weighted by Gasteiger charge is -2.11. The number of carbonyl (C=O) groups excluding carboxylic acids is 1. The monoisotopic (exact) mass is 558 g/mol. The van der Waals surface area contributed by atoms with Gasteiger partial charge in [-0.2, -0.15) is 26.9 Å². The second-order valence-corrected chi connectivity index (χ2v) is 11.3. The summed E-state index contributed by atoms with van der Waals surface area (Å²) in [5, 5.41) is 8.25. The van der Waals surface area contributed by atoms with Gasteiger partial charge in [0, 0.05) is 5.69 Å². The van der Waals surface area contributed by atoms with Gasteiger partial charge in [-0.1, -0.05) is 6.08 Å². The molecular weight excluding hydrogens is 536 g/mol. The first-order valence-electron chi connectivity index (χ1n) is 10.9. The van der Waals surface area contributed by atoms with Gasteiger partial charge in [-0.25, -0.2) is 4.68 Å². The van der Waals surface area contributed by atoms with Gasteiger partial charge in [0.05, 0.1) is 38.0 Å². The highest BCUT2D eigenvalue weighted by molar-refractivity contribution is 7.86. The van der Waals surface area contributed by atoms with Gasteiger partial charge >= 0.3 is 0 Å². The van der Waals surface area contributed by atoms with Gasteiger partial charge in [-0.05, 0) is 81.0 Å². The molecule has 4 rings (SSSR count). The molecule has 0 unspecified atom stereocenters. The van der Waals surface area contributed by atoms with Crippen LogP contribution in [0.4, 0.5) is 5.69 Å². The molecule has 198 valence electrons. The highest BCUT2D eigenvalue weighted by Crippen LogP contribution is 2.26. The molecule has 0 saturated carbocycles. The molecule has 1 aliphatic heterocycles. The minimum absolute atomic E-state index is 0.262. The maximum Gasteiger partial charge on any atom is 0.294 e. The Morgan fingerprint density at radius 1 is 0.868 bits per heavy atom. The third-order valence-electron chi connectivity index (χ3n) is 5.80. The van der Waals surface area contributed by atoms with Crippen molar-refractivity contribution in [2.24, 2.45) is 5.10 Å². The number of H-pyrrole nitrogens is 1. The number of aryl methyl sites for hydroxylation is 1. The molecule has 0 radical (unpaired) electrons. The molecule has 1 aromatic heterocycles. The number of benzene rings is 2. The van der Waals surface area contributed by atoms with E-state index < -0.39 is 31.7 Å². The summed E-state index contributed by atoms with van der Waals surface area (Å²) in [5.74, 6) is -0.465. The second-order valence-electron chi connectivity index (χ2n) is 8.42. The standard InChI is InChI=1S/C24H22N4O8S2/c1-14(22-16(3)26-28(24(22)30)18-7-11-20(12-8-18)38(34,35)36)4-13-21-15(2)25-27(23(21)29)17-5-9-19(10-6-17)37(31,32)33/h4-13,26H,1-3H3,(H,31,32,33)(H,34,35,36)/b14-4+,21-13?. The molecule has 12 nitrogen and oxygen atoms in total. The second kappa shape index (κ2) is 9.64. The Balaban J connectivity index is 1.62. The molecule has 2 aromatic carbocycles. The van der Waals surface area contributed by atoms with Crippen molar-refractivity contribution < 1.29 is 30.7 Å². The lowest BCUT2D eigenvalue weighted by atomic mass is 10.1. The molecule has 0 aliphatic carbocycles.